The minimum atomic E-state index is 1.13. The molecule has 1 aliphatic rings. The van der Waals surface area contributed by atoms with Crippen LogP contribution in [0.5, 0.6) is 0 Å². The standard InChI is InChI=1S/C38H26N2/c1-3-11-28(12-4-1)40(29-13-5-2-6-14-29)30-21-18-27(19-22-30)31-24-25-36-37-33(31)16-9-17-34(37)35-23-20-26-10-7-8-15-32(26)38(35)39-36/h1-25,39H. The van der Waals surface area contributed by atoms with Gasteiger partial charge in [-0.05, 0) is 69.9 Å². The summed E-state index contributed by atoms with van der Waals surface area (Å²) in [7, 11) is 0. The monoisotopic (exact) mass is 510 g/mol. The summed E-state index contributed by atoms with van der Waals surface area (Å²) in [5.41, 5.74) is 10.7. The molecule has 0 aliphatic carbocycles. The molecule has 188 valence electrons. The predicted molar refractivity (Wildman–Crippen MR) is 170 cm³/mol. The molecule has 0 fully saturated rings. The van der Waals surface area contributed by atoms with E-state index < -0.39 is 0 Å². The molecule has 7 aromatic rings. The zero-order chi connectivity index (χ0) is 26.5. The number of hydrogen-bond acceptors (Lipinski definition) is 2. The minimum absolute atomic E-state index is 1.13. The summed E-state index contributed by atoms with van der Waals surface area (Å²) in [5.74, 6) is 0. The fourth-order valence-corrected chi connectivity index (χ4v) is 6.14. The van der Waals surface area contributed by atoms with E-state index in [0.717, 1.165) is 22.7 Å². The Hall–Kier alpha value is -5.34. The van der Waals surface area contributed by atoms with Crippen LogP contribution in [0.3, 0.4) is 0 Å². The Labute approximate surface area is 233 Å². The van der Waals surface area contributed by atoms with Crippen LogP contribution in [0.15, 0.2) is 152 Å². The molecule has 0 amide bonds. The van der Waals surface area contributed by atoms with Gasteiger partial charge in [0, 0.05) is 39.1 Å². The second kappa shape index (κ2) is 9.14. The fraction of sp³-hybridized carbons (Fsp3) is 0. The average Bonchev–Trinajstić information content (AvgIpc) is 3.03. The lowest BCUT2D eigenvalue weighted by atomic mass is 9.87. The number of nitrogens with zero attached hydrogens (tertiary/aromatic N) is 1. The maximum Gasteiger partial charge on any atom is 0.0543 e. The molecule has 1 aliphatic heterocycles. The number of nitrogens with one attached hydrogen (secondary N) is 1. The van der Waals surface area contributed by atoms with E-state index in [2.05, 4.69) is 162 Å². The van der Waals surface area contributed by atoms with Crippen molar-refractivity contribution in [3.63, 3.8) is 0 Å². The summed E-state index contributed by atoms with van der Waals surface area (Å²) < 4.78 is 0. The zero-order valence-corrected chi connectivity index (χ0v) is 21.9. The van der Waals surface area contributed by atoms with Gasteiger partial charge < -0.3 is 10.2 Å². The van der Waals surface area contributed by atoms with E-state index in [1.165, 1.54) is 49.5 Å². The van der Waals surface area contributed by atoms with Gasteiger partial charge in [0.05, 0.1) is 5.69 Å². The zero-order valence-electron chi connectivity index (χ0n) is 21.9. The topological polar surface area (TPSA) is 15.3 Å². The van der Waals surface area contributed by atoms with Crippen LogP contribution in [-0.4, -0.2) is 0 Å². The van der Waals surface area contributed by atoms with Gasteiger partial charge >= 0.3 is 0 Å². The van der Waals surface area contributed by atoms with E-state index in [-0.39, 0.29) is 0 Å². The lowest BCUT2D eigenvalue weighted by Crippen LogP contribution is -2.09. The summed E-state index contributed by atoms with van der Waals surface area (Å²) in [6.07, 6.45) is 0. The SMILES string of the molecule is c1ccc(N(c2ccccc2)c2ccc(-c3ccc4c5c(cccc35)-c3ccc5ccccc5c3N4)cc2)cc1. The van der Waals surface area contributed by atoms with Gasteiger partial charge in [-0.1, -0.05) is 109 Å². The first-order valence-electron chi connectivity index (χ1n) is 13.7. The van der Waals surface area contributed by atoms with Crippen LogP contribution < -0.4 is 10.2 Å². The average molecular weight is 511 g/mol. The van der Waals surface area contributed by atoms with Crippen LogP contribution in [0.4, 0.5) is 28.4 Å². The van der Waals surface area contributed by atoms with Gasteiger partial charge in [0.1, 0.15) is 0 Å². The number of benzene rings is 7. The van der Waals surface area contributed by atoms with E-state index >= 15 is 0 Å². The lowest BCUT2D eigenvalue weighted by Gasteiger charge is -2.26. The van der Waals surface area contributed by atoms with Gasteiger partial charge in [-0.15, -0.1) is 0 Å². The van der Waals surface area contributed by atoms with E-state index in [0.29, 0.717) is 0 Å². The summed E-state index contributed by atoms with van der Waals surface area (Å²) in [5, 5.41) is 8.83. The van der Waals surface area contributed by atoms with Gasteiger partial charge in [0.2, 0.25) is 0 Å². The molecule has 2 heteroatoms. The molecule has 0 unspecified atom stereocenters. The molecule has 7 aromatic carbocycles. The van der Waals surface area contributed by atoms with Crippen LogP contribution in [-0.2, 0) is 0 Å². The van der Waals surface area contributed by atoms with Gasteiger partial charge in [-0.3, -0.25) is 0 Å². The van der Waals surface area contributed by atoms with Crippen LogP contribution in [0, 0.1) is 0 Å². The summed E-state index contributed by atoms with van der Waals surface area (Å²) in [6.45, 7) is 0. The molecule has 2 nitrogen and oxygen atoms in total. The summed E-state index contributed by atoms with van der Waals surface area (Å²) in [6, 6.07) is 54.3. The summed E-state index contributed by atoms with van der Waals surface area (Å²) >= 11 is 0. The molecule has 0 atom stereocenters. The Morgan fingerprint density at radius 3 is 1.77 bits per heavy atom. The first-order valence-corrected chi connectivity index (χ1v) is 13.7. The highest BCUT2D eigenvalue weighted by Gasteiger charge is 2.21. The highest BCUT2D eigenvalue weighted by Crippen LogP contribution is 2.48. The molecule has 0 radical (unpaired) electrons. The molecule has 0 spiro atoms. The van der Waals surface area contributed by atoms with Gasteiger partial charge in [0.25, 0.3) is 0 Å². The molecule has 1 heterocycles. The minimum Gasteiger partial charge on any atom is -0.354 e. The number of para-hydroxylation sites is 2. The fourth-order valence-electron chi connectivity index (χ4n) is 6.14. The number of anilines is 5. The Balaban J connectivity index is 1.24. The Bertz CT molecular complexity index is 1970. The third-order valence-electron chi connectivity index (χ3n) is 7.98. The third kappa shape index (κ3) is 3.58. The molecular weight excluding hydrogens is 484 g/mol. The quantitative estimate of drug-likeness (QED) is 0.253. The van der Waals surface area contributed by atoms with Crippen LogP contribution in [0.25, 0.3) is 43.8 Å². The molecule has 40 heavy (non-hydrogen) atoms. The molecular formula is C38H26N2. The molecule has 0 saturated heterocycles. The third-order valence-corrected chi connectivity index (χ3v) is 7.98. The van der Waals surface area contributed by atoms with Crippen LogP contribution in [0.1, 0.15) is 0 Å². The normalized spacial score (nSPS) is 11.7. The molecule has 1 N–H and O–H groups in total. The highest BCUT2D eigenvalue weighted by molar-refractivity contribution is 6.18. The van der Waals surface area contributed by atoms with Crippen molar-refractivity contribution < 1.29 is 0 Å². The van der Waals surface area contributed by atoms with Gasteiger partial charge in [-0.25, -0.2) is 0 Å². The highest BCUT2D eigenvalue weighted by atomic mass is 15.1. The van der Waals surface area contributed by atoms with Crippen molar-refractivity contribution in [1.29, 1.82) is 0 Å². The van der Waals surface area contributed by atoms with Gasteiger partial charge in [0.15, 0.2) is 0 Å². The first-order chi connectivity index (χ1) is 19.8. The number of rotatable bonds is 4. The van der Waals surface area contributed by atoms with E-state index in [1.54, 1.807) is 0 Å². The molecule has 0 bridgehead atoms. The second-order valence-corrected chi connectivity index (χ2v) is 10.3. The van der Waals surface area contributed by atoms with Crippen molar-refractivity contribution in [2.45, 2.75) is 0 Å². The van der Waals surface area contributed by atoms with Crippen molar-refractivity contribution in [3.05, 3.63) is 152 Å². The van der Waals surface area contributed by atoms with Crippen molar-refractivity contribution in [1.82, 2.24) is 0 Å². The Kier molecular flexibility index (Phi) is 5.17. The van der Waals surface area contributed by atoms with Gasteiger partial charge in [-0.2, -0.15) is 0 Å². The van der Waals surface area contributed by atoms with E-state index in [9.17, 15) is 0 Å². The Morgan fingerprint density at radius 1 is 0.400 bits per heavy atom. The number of hydrogen-bond donors (Lipinski definition) is 1. The molecule has 8 rings (SSSR count). The van der Waals surface area contributed by atoms with Crippen molar-refractivity contribution in [2.24, 2.45) is 0 Å². The predicted octanol–water partition coefficient (Wildman–Crippen LogP) is 10.9. The first kappa shape index (κ1) is 22.6. The van der Waals surface area contributed by atoms with Crippen LogP contribution in [0.2, 0.25) is 0 Å². The smallest absolute Gasteiger partial charge is 0.0543 e. The summed E-state index contributed by atoms with van der Waals surface area (Å²) in [4.78, 5) is 2.30. The maximum atomic E-state index is 3.78. The van der Waals surface area contributed by atoms with Crippen molar-refractivity contribution >= 4 is 50.0 Å². The van der Waals surface area contributed by atoms with Crippen LogP contribution >= 0.6 is 0 Å². The number of fused-ring (bicyclic) bond motifs is 4. The molecule has 0 saturated carbocycles. The largest absolute Gasteiger partial charge is 0.354 e. The van der Waals surface area contributed by atoms with E-state index in [1.807, 2.05) is 0 Å². The molecule has 0 aromatic heterocycles. The van der Waals surface area contributed by atoms with Crippen molar-refractivity contribution in [3.8, 4) is 22.3 Å². The lowest BCUT2D eigenvalue weighted by molar-refractivity contribution is 1.28. The maximum absolute atomic E-state index is 3.78. The van der Waals surface area contributed by atoms with Crippen molar-refractivity contribution in [2.75, 3.05) is 10.2 Å². The van der Waals surface area contributed by atoms with E-state index in [4.69, 9.17) is 0 Å². The second-order valence-electron chi connectivity index (χ2n) is 10.3. The Morgan fingerprint density at radius 2 is 1.02 bits per heavy atom.